The standard InChI is InChI=1S/C14H20N4O2S/c1-11-9-15-14(21-11)18-8-7-17(10-13(18)20)12(19)5-4-6-16(2)3/h4-5,9H,6-8,10H2,1-3H3/b5-4+. The Bertz CT molecular complexity index is 553. The van der Waals surface area contributed by atoms with Gasteiger partial charge in [-0.3, -0.25) is 14.5 Å². The number of rotatable bonds is 4. The molecule has 1 aromatic heterocycles. The molecule has 0 spiro atoms. The fourth-order valence-electron chi connectivity index (χ4n) is 2.00. The summed E-state index contributed by atoms with van der Waals surface area (Å²) in [6, 6.07) is 0. The number of nitrogens with zero attached hydrogens (tertiary/aromatic N) is 4. The Morgan fingerprint density at radius 2 is 2.24 bits per heavy atom. The first-order chi connectivity index (χ1) is 9.97. The molecule has 0 saturated carbocycles. The summed E-state index contributed by atoms with van der Waals surface area (Å²) in [5.74, 6) is -0.190. The summed E-state index contributed by atoms with van der Waals surface area (Å²) >= 11 is 1.50. The molecular formula is C14H20N4O2S. The minimum absolute atomic E-state index is 0.0787. The number of likely N-dealkylation sites (N-methyl/N-ethyl adjacent to an activating group) is 1. The molecule has 2 heterocycles. The van der Waals surface area contributed by atoms with Crippen LogP contribution in [0.2, 0.25) is 0 Å². The third-order valence-corrected chi connectivity index (χ3v) is 4.04. The van der Waals surface area contributed by atoms with Crippen LogP contribution in [0.3, 0.4) is 0 Å². The maximum atomic E-state index is 12.2. The highest BCUT2D eigenvalue weighted by molar-refractivity contribution is 7.15. The average Bonchev–Trinajstić information content (AvgIpc) is 2.84. The molecule has 1 aliphatic heterocycles. The van der Waals surface area contributed by atoms with Gasteiger partial charge in [-0.05, 0) is 21.0 Å². The number of hydrogen-bond acceptors (Lipinski definition) is 5. The monoisotopic (exact) mass is 308 g/mol. The zero-order valence-electron chi connectivity index (χ0n) is 12.6. The van der Waals surface area contributed by atoms with Gasteiger partial charge in [0.25, 0.3) is 0 Å². The van der Waals surface area contributed by atoms with Gasteiger partial charge >= 0.3 is 0 Å². The topological polar surface area (TPSA) is 56.8 Å². The first kappa shape index (κ1) is 15.7. The van der Waals surface area contributed by atoms with E-state index in [2.05, 4.69) is 4.98 Å². The maximum absolute atomic E-state index is 12.2. The van der Waals surface area contributed by atoms with E-state index in [1.807, 2.05) is 32.0 Å². The van der Waals surface area contributed by atoms with Crippen molar-refractivity contribution in [1.82, 2.24) is 14.8 Å². The molecule has 1 aromatic rings. The van der Waals surface area contributed by atoms with E-state index < -0.39 is 0 Å². The van der Waals surface area contributed by atoms with Crippen molar-refractivity contribution in [1.29, 1.82) is 0 Å². The summed E-state index contributed by atoms with van der Waals surface area (Å²) in [5, 5.41) is 0.716. The average molecular weight is 308 g/mol. The molecule has 114 valence electrons. The van der Waals surface area contributed by atoms with E-state index in [0.717, 1.165) is 4.88 Å². The first-order valence-corrected chi connectivity index (χ1v) is 7.62. The molecule has 6 nitrogen and oxygen atoms in total. The van der Waals surface area contributed by atoms with Crippen LogP contribution in [-0.2, 0) is 9.59 Å². The molecule has 0 N–H and O–H groups in total. The highest BCUT2D eigenvalue weighted by Gasteiger charge is 2.28. The van der Waals surface area contributed by atoms with E-state index >= 15 is 0 Å². The van der Waals surface area contributed by atoms with Gasteiger partial charge in [0.15, 0.2) is 5.13 Å². The predicted octanol–water partition coefficient (Wildman–Crippen LogP) is 0.745. The lowest BCUT2D eigenvalue weighted by molar-refractivity contribution is -0.133. The molecule has 0 unspecified atom stereocenters. The van der Waals surface area contributed by atoms with Gasteiger partial charge in [-0.1, -0.05) is 6.08 Å². The summed E-state index contributed by atoms with van der Waals surface area (Å²) < 4.78 is 0. The van der Waals surface area contributed by atoms with Crippen molar-refractivity contribution < 1.29 is 9.59 Å². The van der Waals surface area contributed by atoms with Gasteiger partial charge in [-0.25, -0.2) is 4.98 Å². The number of carbonyl (C=O) groups is 2. The van der Waals surface area contributed by atoms with Gasteiger partial charge in [-0.2, -0.15) is 0 Å². The van der Waals surface area contributed by atoms with E-state index in [1.54, 1.807) is 16.0 Å². The fourth-order valence-corrected chi connectivity index (χ4v) is 2.80. The summed E-state index contributed by atoms with van der Waals surface area (Å²) in [4.78, 5) is 34.7. The first-order valence-electron chi connectivity index (χ1n) is 6.80. The van der Waals surface area contributed by atoms with Crippen molar-refractivity contribution in [2.24, 2.45) is 0 Å². The molecule has 0 bridgehead atoms. The van der Waals surface area contributed by atoms with E-state index in [9.17, 15) is 9.59 Å². The fraction of sp³-hybridized carbons (Fsp3) is 0.500. The highest BCUT2D eigenvalue weighted by atomic mass is 32.1. The summed E-state index contributed by atoms with van der Waals surface area (Å²) in [6.45, 7) is 3.82. The van der Waals surface area contributed by atoms with Crippen molar-refractivity contribution in [3.8, 4) is 0 Å². The van der Waals surface area contributed by atoms with Crippen molar-refractivity contribution in [2.45, 2.75) is 6.92 Å². The third kappa shape index (κ3) is 4.12. The predicted molar refractivity (Wildman–Crippen MR) is 83.5 cm³/mol. The van der Waals surface area contributed by atoms with Crippen LogP contribution in [0.5, 0.6) is 0 Å². The van der Waals surface area contributed by atoms with Crippen LogP contribution in [0.1, 0.15) is 4.88 Å². The molecular weight excluding hydrogens is 288 g/mol. The number of aromatic nitrogens is 1. The molecule has 0 aromatic carbocycles. The molecule has 21 heavy (non-hydrogen) atoms. The van der Waals surface area contributed by atoms with Crippen LogP contribution < -0.4 is 4.90 Å². The van der Waals surface area contributed by atoms with Crippen molar-refractivity contribution in [3.05, 3.63) is 23.2 Å². The molecule has 2 amide bonds. The molecule has 1 fully saturated rings. The Morgan fingerprint density at radius 3 is 2.81 bits per heavy atom. The Balaban J connectivity index is 1.93. The maximum Gasteiger partial charge on any atom is 0.248 e. The van der Waals surface area contributed by atoms with Gasteiger partial charge in [0.05, 0.1) is 0 Å². The quantitative estimate of drug-likeness (QED) is 0.770. The zero-order chi connectivity index (χ0) is 15.4. The van der Waals surface area contributed by atoms with Gasteiger partial charge < -0.3 is 9.80 Å². The van der Waals surface area contributed by atoms with Crippen LogP contribution in [0.25, 0.3) is 0 Å². The van der Waals surface area contributed by atoms with Crippen LogP contribution >= 0.6 is 11.3 Å². The number of amides is 2. The number of carbonyl (C=O) groups excluding carboxylic acids is 2. The van der Waals surface area contributed by atoms with Crippen LogP contribution in [0, 0.1) is 6.92 Å². The number of piperazine rings is 1. The summed E-state index contributed by atoms with van der Waals surface area (Å²) in [5.41, 5.74) is 0. The van der Waals surface area contributed by atoms with Gasteiger partial charge in [-0.15, -0.1) is 11.3 Å². The smallest absolute Gasteiger partial charge is 0.248 e. The van der Waals surface area contributed by atoms with Crippen LogP contribution in [0.15, 0.2) is 18.3 Å². The van der Waals surface area contributed by atoms with E-state index in [4.69, 9.17) is 0 Å². The van der Waals surface area contributed by atoms with Crippen LogP contribution in [-0.4, -0.2) is 66.9 Å². The number of thiazole rings is 1. The van der Waals surface area contributed by atoms with E-state index in [-0.39, 0.29) is 18.4 Å². The molecule has 1 aliphatic rings. The minimum atomic E-state index is -0.111. The molecule has 0 aliphatic carbocycles. The highest BCUT2D eigenvalue weighted by Crippen LogP contribution is 2.23. The van der Waals surface area contributed by atoms with Crippen molar-refractivity contribution >= 4 is 28.3 Å². The second-order valence-corrected chi connectivity index (χ2v) is 6.44. The van der Waals surface area contributed by atoms with Crippen molar-refractivity contribution in [3.63, 3.8) is 0 Å². The second kappa shape index (κ2) is 6.82. The zero-order valence-corrected chi connectivity index (χ0v) is 13.4. The molecule has 2 rings (SSSR count). The lowest BCUT2D eigenvalue weighted by Gasteiger charge is -2.32. The van der Waals surface area contributed by atoms with Gasteiger partial charge in [0.2, 0.25) is 11.8 Å². The lowest BCUT2D eigenvalue weighted by atomic mass is 10.3. The van der Waals surface area contributed by atoms with Gasteiger partial charge in [0.1, 0.15) is 6.54 Å². The van der Waals surface area contributed by atoms with Crippen LogP contribution in [0.4, 0.5) is 5.13 Å². The Kier molecular flexibility index (Phi) is 5.08. The normalized spacial score (nSPS) is 16.3. The molecule has 7 heteroatoms. The van der Waals surface area contributed by atoms with E-state index in [0.29, 0.717) is 24.8 Å². The Morgan fingerprint density at radius 1 is 1.48 bits per heavy atom. The number of hydrogen-bond donors (Lipinski definition) is 0. The largest absolute Gasteiger partial charge is 0.328 e. The lowest BCUT2D eigenvalue weighted by Crippen LogP contribution is -2.52. The number of anilines is 1. The van der Waals surface area contributed by atoms with Gasteiger partial charge in [0, 0.05) is 36.8 Å². The summed E-state index contributed by atoms with van der Waals surface area (Å²) in [6.07, 6.45) is 5.11. The SMILES string of the molecule is Cc1cnc(N2CCN(C(=O)/C=C/CN(C)C)CC2=O)s1. The van der Waals surface area contributed by atoms with Crippen molar-refractivity contribution in [2.75, 3.05) is 45.2 Å². The third-order valence-electron chi connectivity index (χ3n) is 3.10. The Hall–Kier alpha value is -1.73. The Labute approximate surface area is 128 Å². The molecule has 0 atom stereocenters. The minimum Gasteiger partial charge on any atom is -0.328 e. The molecule has 0 radical (unpaired) electrons. The molecule has 1 saturated heterocycles. The number of aryl methyl sites for hydroxylation is 1. The van der Waals surface area contributed by atoms with E-state index in [1.165, 1.54) is 17.4 Å². The summed E-state index contributed by atoms with van der Waals surface area (Å²) in [7, 11) is 3.88. The second-order valence-electron chi connectivity index (χ2n) is 5.22.